The van der Waals surface area contributed by atoms with Gasteiger partial charge in [-0.05, 0) is 44.0 Å². The highest BCUT2D eigenvalue weighted by Crippen LogP contribution is 2.32. The van der Waals surface area contributed by atoms with Gasteiger partial charge in [-0.1, -0.05) is 25.1 Å². The monoisotopic (exact) mass is 564 g/mol. The first-order valence-electron chi connectivity index (χ1n) is 11.1. The first-order valence-corrected chi connectivity index (χ1v) is 11.1. The van der Waals surface area contributed by atoms with Crippen LogP contribution in [0.15, 0.2) is 66.0 Å². The number of aliphatic imine (C=N–C) groups is 1. The molecule has 0 saturated heterocycles. The van der Waals surface area contributed by atoms with E-state index in [-0.39, 0.29) is 24.0 Å². The maximum atomic E-state index is 6.11. The minimum Gasteiger partial charge on any atom is -0.490 e. The number of aryl methyl sites for hydroxylation is 1. The third-order valence-corrected chi connectivity index (χ3v) is 4.53. The summed E-state index contributed by atoms with van der Waals surface area (Å²) in [6, 6.07) is 13.4. The van der Waals surface area contributed by atoms with Gasteiger partial charge in [0, 0.05) is 43.8 Å². The second-order valence-electron chi connectivity index (χ2n) is 7.11. The summed E-state index contributed by atoms with van der Waals surface area (Å²) >= 11 is 0. The van der Waals surface area contributed by atoms with Gasteiger partial charge in [-0.3, -0.25) is 4.68 Å². The van der Waals surface area contributed by atoms with Crippen LogP contribution >= 0.6 is 24.0 Å². The lowest BCUT2D eigenvalue weighted by molar-refractivity contribution is 0.300. The van der Waals surface area contributed by atoms with Gasteiger partial charge in [0.2, 0.25) is 5.88 Å². The molecule has 0 aliphatic carbocycles. The normalized spacial score (nSPS) is 10.9. The van der Waals surface area contributed by atoms with Gasteiger partial charge >= 0.3 is 0 Å². The van der Waals surface area contributed by atoms with E-state index in [9.17, 15) is 0 Å². The van der Waals surface area contributed by atoms with Crippen LogP contribution in [0.3, 0.4) is 0 Å². The molecular weight excluding hydrogens is 531 g/mol. The Labute approximate surface area is 212 Å². The molecule has 0 atom stereocenters. The minimum absolute atomic E-state index is 0. The molecule has 0 bridgehead atoms. The van der Waals surface area contributed by atoms with Crippen LogP contribution in [-0.2, 0) is 13.1 Å². The van der Waals surface area contributed by atoms with Crippen molar-refractivity contribution in [2.45, 2.75) is 39.8 Å². The van der Waals surface area contributed by atoms with Gasteiger partial charge in [0.25, 0.3) is 0 Å². The first-order chi connectivity index (χ1) is 15.8. The largest absolute Gasteiger partial charge is 0.490 e. The van der Waals surface area contributed by atoms with E-state index >= 15 is 0 Å². The number of nitrogens with one attached hydrogen (secondary N) is 2. The first kappa shape index (κ1) is 26.4. The lowest BCUT2D eigenvalue weighted by Crippen LogP contribution is -2.38. The quantitative estimate of drug-likeness (QED) is 0.145. The van der Waals surface area contributed by atoms with Gasteiger partial charge in [0.15, 0.2) is 17.5 Å². The lowest BCUT2D eigenvalue weighted by atomic mass is 10.2. The van der Waals surface area contributed by atoms with E-state index in [1.54, 1.807) is 12.4 Å². The maximum absolute atomic E-state index is 6.11. The predicted octanol–water partition coefficient (Wildman–Crippen LogP) is 4.62. The molecule has 0 aliphatic rings. The highest BCUT2D eigenvalue weighted by molar-refractivity contribution is 14.0. The molecule has 8 nitrogen and oxygen atoms in total. The molecule has 0 saturated carbocycles. The zero-order chi connectivity index (χ0) is 22.4. The third-order valence-electron chi connectivity index (χ3n) is 4.53. The van der Waals surface area contributed by atoms with E-state index in [1.807, 2.05) is 60.3 Å². The molecule has 178 valence electrons. The Hall–Kier alpha value is -2.82. The third kappa shape index (κ3) is 8.91. The Bertz CT molecular complexity index is 965. The number of nitrogens with zero attached hydrogens (tertiary/aromatic N) is 4. The van der Waals surface area contributed by atoms with Crippen LogP contribution < -0.4 is 20.1 Å². The summed E-state index contributed by atoms with van der Waals surface area (Å²) < 4.78 is 13.8. The average Bonchev–Trinajstić information content (AvgIpc) is 3.34. The van der Waals surface area contributed by atoms with E-state index in [4.69, 9.17) is 14.5 Å². The van der Waals surface area contributed by atoms with Crippen molar-refractivity contribution in [2.24, 2.45) is 4.99 Å². The Morgan fingerprint density at radius 3 is 2.64 bits per heavy atom. The van der Waals surface area contributed by atoms with Crippen molar-refractivity contribution in [3.05, 3.63) is 66.6 Å². The smallest absolute Gasteiger partial charge is 0.224 e. The molecule has 0 fully saturated rings. The van der Waals surface area contributed by atoms with E-state index in [1.165, 1.54) is 0 Å². The van der Waals surface area contributed by atoms with Gasteiger partial charge in [-0.2, -0.15) is 5.10 Å². The molecular formula is C24H33IN6O2. The summed E-state index contributed by atoms with van der Waals surface area (Å²) in [5.74, 6) is 2.64. The van der Waals surface area contributed by atoms with E-state index in [0.29, 0.717) is 30.5 Å². The zero-order valence-electron chi connectivity index (χ0n) is 19.2. The number of halogens is 1. The van der Waals surface area contributed by atoms with Gasteiger partial charge in [0.1, 0.15) is 0 Å². The van der Waals surface area contributed by atoms with Gasteiger partial charge < -0.3 is 20.1 Å². The number of rotatable bonds is 12. The fourth-order valence-electron chi connectivity index (χ4n) is 2.99. The highest BCUT2D eigenvalue weighted by atomic mass is 127. The van der Waals surface area contributed by atoms with Gasteiger partial charge in [-0.25, -0.2) is 9.98 Å². The van der Waals surface area contributed by atoms with Crippen molar-refractivity contribution in [2.75, 3.05) is 19.7 Å². The van der Waals surface area contributed by atoms with Crippen molar-refractivity contribution >= 4 is 29.9 Å². The van der Waals surface area contributed by atoms with E-state index in [0.717, 1.165) is 44.0 Å². The molecule has 0 unspecified atom stereocenters. The van der Waals surface area contributed by atoms with Gasteiger partial charge in [0.05, 0.1) is 13.2 Å². The summed E-state index contributed by atoms with van der Waals surface area (Å²) in [4.78, 5) is 9.14. The number of guanidine groups is 1. The SMILES string of the molecule is CCCOc1ccccc1Oc1ncccc1CN=C(NCC)NCCCn1cccn1.I. The van der Waals surface area contributed by atoms with Crippen molar-refractivity contribution in [1.29, 1.82) is 0 Å². The molecule has 0 amide bonds. The molecule has 0 radical (unpaired) electrons. The fourth-order valence-corrected chi connectivity index (χ4v) is 2.99. The number of hydrogen-bond donors (Lipinski definition) is 2. The number of aromatic nitrogens is 3. The molecule has 3 aromatic rings. The second kappa shape index (κ2) is 15.1. The summed E-state index contributed by atoms with van der Waals surface area (Å²) in [5, 5.41) is 10.9. The van der Waals surface area contributed by atoms with Crippen molar-refractivity contribution in [3.63, 3.8) is 0 Å². The zero-order valence-corrected chi connectivity index (χ0v) is 21.6. The lowest BCUT2D eigenvalue weighted by Gasteiger charge is -2.14. The average molecular weight is 564 g/mol. The van der Waals surface area contributed by atoms with E-state index in [2.05, 4.69) is 27.6 Å². The molecule has 0 spiro atoms. The van der Waals surface area contributed by atoms with E-state index < -0.39 is 0 Å². The molecule has 2 aromatic heterocycles. The number of para-hydroxylation sites is 2. The summed E-state index contributed by atoms with van der Waals surface area (Å²) in [7, 11) is 0. The van der Waals surface area contributed by atoms with Crippen molar-refractivity contribution in [3.8, 4) is 17.4 Å². The molecule has 9 heteroatoms. The van der Waals surface area contributed by atoms with Crippen LogP contribution in [0, 0.1) is 0 Å². The number of benzene rings is 1. The molecule has 3 rings (SSSR count). The second-order valence-corrected chi connectivity index (χ2v) is 7.11. The number of hydrogen-bond acceptors (Lipinski definition) is 5. The Morgan fingerprint density at radius 2 is 1.88 bits per heavy atom. The van der Waals surface area contributed by atoms with Crippen LogP contribution in [0.2, 0.25) is 0 Å². The summed E-state index contributed by atoms with van der Waals surface area (Å²) in [6.45, 7) is 7.64. The van der Waals surface area contributed by atoms with Crippen LogP contribution in [0.4, 0.5) is 0 Å². The molecule has 0 aliphatic heterocycles. The highest BCUT2D eigenvalue weighted by Gasteiger charge is 2.10. The summed E-state index contributed by atoms with van der Waals surface area (Å²) in [6.07, 6.45) is 7.36. The topological polar surface area (TPSA) is 85.6 Å². The Kier molecular flexibility index (Phi) is 12.1. The molecule has 2 heterocycles. The molecule has 2 N–H and O–H groups in total. The number of ether oxygens (including phenoxy) is 2. The maximum Gasteiger partial charge on any atom is 0.224 e. The van der Waals surface area contributed by atoms with Gasteiger partial charge in [-0.15, -0.1) is 24.0 Å². The van der Waals surface area contributed by atoms with Crippen LogP contribution in [0.25, 0.3) is 0 Å². The summed E-state index contributed by atoms with van der Waals surface area (Å²) in [5.41, 5.74) is 0.895. The fraction of sp³-hybridized carbons (Fsp3) is 0.375. The molecule has 33 heavy (non-hydrogen) atoms. The number of pyridine rings is 1. The van der Waals surface area contributed by atoms with Crippen LogP contribution in [0.5, 0.6) is 17.4 Å². The predicted molar refractivity (Wildman–Crippen MR) is 142 cm³/mol. The Morgan fingerprint density at radius 1 is 1.03 bits per heavy atom. The van der Waals surface area contributed by atoms with Crippen molar-refractivity contribution in [1.82, 2.24) is 25.4 Å². The van der Waals surface area contributed by atoms with Crippen molar-refractivity contribution < 1.29 is 9.47 Å². The Balaban J connectivity index is 0.00000385. The molecule has 1 aromatic carbocycles. The minimum atomic E-state index is 0. The standard InChI is InChI=1S/C24H32N6O2.HI/c1-3-18-31-21-11-5-6-12-22(21)32-23-20(10-7-13-26-23)19-28-24(25-4-2)27-14-8-16-30-17-9-15-29-30;/h5-7,9-13,15,17H,3-4,8,14,16,18-19H2,1-2H3,(H2,25,27,28);1H. The van der Waals surface area contributed by atoms with Crippen LogP contribution in [-0.4, -0.2) is 40.4 Å². The van der Waals surface area contributed by atoms with Crippen LogP contribution in [0.1, 0.15) is 32.3 Å².